The lowest BCUT2D eigenvalue weighted by atomic mass is 10.0. The predicted molar refractivity (Wildman–Crippen MR) is 121 cm³/mol. The minimum absolute atomic E-state index is 0.560. The van der Waals surface area contributed by atoms with E-state index < -0.39 is 8.07 Å². The van der Waals surface area contributed by atoms with Crippen molar-refractivity contribution in [2.24, 2.45) is 0 Å². The molecule has 0 atom stereocenters. The van der Waals surface area contributed by atoms with Gasteiger partial charge in [0.05, 0.1) is 5.39 Å². The van der Waals surface area contributed by atoms with Gasteiger partial charge < -0.3 is 14.2 Å². The number of fused-ring (bicyclic) bond motifs is 1. The number of aromatic nitrogens is 2. The fourth-order valence-electron chi connectivity index (χ4n) is 3.90. The minimum atomic E-state index is -1.08. The SMILES string of the molecule is C[Si](C)(C)CCOCn1cc(-c2ccccc2)c2c(N3CCCC3)ccnc21. The molecule has 0 N–H and O–H groups in total. The Morgan fingerprint density at radius 2 is 1.79 bits per heavy atom. The zero-order valence-electron chi connectivity index (χ0n) is 17.3. The number of pyridine rings is 1. The highest BCUT2D eigenvalue weighted by Crippen LogP contribution is 2.37. The van der Waals surface area contributed by atoms with Gasteiger partial charge in [-0.1, -0.05) is 50.0 Å². The van der Waals surface area contributed by atoms with Crippen molar-refractivity contribution in [1.82, 2.24) is 9.55 Å². The molecule has 3 heterocycles. The van der Waals surface area contributed by atoms with Crippen molar-refractivity contribution < 1.29 is 4.74 Å². The van der Waals surface area contributed by atoms with E-state index in [1.54, 1.807) is 0 Å². The van der Waals surface area contributed by atoms with Crippen molar-refractivity contribution in [3.63, 3.8) is 0 Å². The predicted octanol–water partition coefficient (Wildman–Crippen LogP) is 5.62. The summed E-state index contributed by atoms with van der Waals surface area (Å²) in [5, 5.41) is 1.25. The Labute approximate surface area is 169 Å². The molecule has 0 radical (unpaired) electrons. The summed E-state index contributed by atoms with van der Waals surface area (Å²) in [6.07, 6.45) is 6.71. The second-order valence-corrected chi connectivity index (χ2v) is 14.6. The number of rotatable bonds is 7. The van der Waals surface area contributed by atoms with Gasteiger partial charge >= 0.3 is 0 Å². The molecule has 148 valence electrons. The molecule has 28 heavy (non-hydrogen) atoms. The second-order valence-electron chi connectivity index (χ2n) is 8.95. The van der Waals surface area contributed by atoms with Gasteiger partial charge in [-0.3, -0.25) is 0 Å². The van der Waals surface area contributed by atoms with Crippen molar-refractivity contribution in [3.8, 4) is 11.1 Å². The number of hydrogen-bond acceptors (Lipinski definition) is 3. The first-order chi connectivity index (χ1) is 13.5. The van der Waals surface area contributed by atoms with Crippen molar-refractivity contribution in [2.45, 2.75) is 45.3 Å². The summed E-state index contributed by atoms with van der Waals surface area (Å²) in [6.45, 7) is 10.8. The first-order valence-electron chi connectivity index (χ1n) is 10.4. The van der Waals surface area contributed by atoms with Crippen LogP contribution >= 0.6 is 0 Å². The molecule has 0 amide bonds. The largest absolute Gasteiger partial charge is 0.371 e. The van der Waals surface area contributed by atoms with E-state index >= 15 is 0 Å². The third-order valence-electron chi connectivity index (χ3n) is 5.49. The third-order valence-corrected chi connectivity index (χ3v) is 7.20. The molecular formula is C23H31N3OSi. The van der Waals surface area contributed by atoms with Crippen LogP contribution in [0.4, 0.5) is 5.69 Å². The molecule has 0 bridgehead atoms. The van der Waals surface area contributed by atoms with Crippen LogP contribution in [0.25, 0.3) is 22.2 Å². The van der Waals surface area contributed by atoms with E-state index in [0.717, 1.165) is 25.3 Å². The first-order valence-corrected chi connectivity index (χ1v) is 14.1. The Hall–Kier alpha value is -2.11. The van der Waals surface area contributed by atoms with E-state index in [4.69, 9.17) is 9.72 Å². The maximum Gasteiger partial charge on any atom is 0.144 e. The summed E-state index contributed by atoms with van der Waals surface area (Å²) in [5.74, 6) is 0. The fourth-order valence-corrected chi connectivity index (χ4v) is 4.65. The maximum atomic E-state index is 6.06. The molecule has 1 aromatic carbocycles. The number of anilines is 1. The molecule has 3 aromatic rings. The van der Waals surface area contributed by atoms with Crippen LogP contribution in [0.5, 0.6) is 0 Å². The van der Waals surface area contributed by atoms with Crippen molar-refractivity contribution in [2.75, 3.05) is 24.6 Å². The van der Waals surface area contributed by atoms with Gasteiger partial charge in [-0.15, -0.1) is 0 Å². The van der Waals surface area contributed by atoms with Crippen LogP contribution in [0, 0.1) is 0 Å². The average molecular weight is 394 g/mol. The summed E-state index contributed by atoms with van der Waals surface area (Å²) in [4.78, 5) is 7.26. The van der Waals surface area contributed by atoms with Gasteiger partial charge in [0.15, 0.2) is 0 Å². The van der Waals surface area contributed by atoms with Gasteiger partial charge in [0, 0.05) is 51.4 Å². The number of ether oxygens (including phenoxy) is 1. The summed E-state index contributed by atoms with van der Waals surface area (Å²) < 4.78 is 8.24. The van der Waals surface area contributed by atoms with E-state index in [1.807, 2.05) is 6.20 Å². The molecule has 0 spiro atoms. The summed E-state index contributed by atoms with van der Waals surface area (Å²) >= 11 is 0. The first kappa shape index (κ1) is 19.2. The van der Waals surface area contributed by atoms with E-state index in [0.29, 0.717) is 6.73 Å². The van der Waals surface area contributed by atoms with E-state index in [9.17, 15) is 0 Å². The molecule has 2 aromatic heterocycles. The summed E-state index contributed by atoms with van der Waals surface area (Å²) in [6, 6.07) is 14.0. The molecule has 4 rings (SSSR count). The lowest BCUT2D eigenvalue weighted by Crippen LogP contribution is -2.22. The molecule has 1 aliphatic rings. The Morgan fingerprint density at radius 1 is 1.04 bits per heavy atom. The van der Waals surface area contributed by atoms with Crippen LogP contribution in [0.2, 0.25) is 25.7 Å². The monoisotopic (exact) mass is 393 g/mol. The second kappa shape index (κ2) is 8.09. The third kappa shape index (κ3) is 4.15. The van der Waals surface area contributed by atoms with E-state index in [-0.39, 0.29) is 0 Å². The zero-order valence-corrected chi connectivity index (χ0v) is 18.3. The molecule has 0 unspecified atom stereocenters. The smallest absolute Gasteiger partial charge is 0.144 e. The van der Waals surface area contributed by atoms with Gasteiger partial charge in [-0.25, -0.2) is 4.98 Å². The summed E-state index contributed by atoms with van der Waals surface area (Å²) in [5.41, 5.74) is 4.82. The van der Waals surface area contributed by atoms with Gasteiger partial charge in [0.1, 0.15) is 12.4 Å². The Bertz CT molecular complexity index is 924. The molecule has 0 aliphatic carbocycles. The minimum Gasteiger partial charge on any atom is -0.371 e. The van der Waals surface area contributed by atoms with Gasteiger partial charge in [0.25, 0.3) is 0 Å². The number of benzene rings is 1. The standard InChI is InChI=1S/C23H31N3OSi/c1-28(2,3)16-15-27-18-26-17-20(19-9-5-4-6-10-19)22-21(11-12-24-23(22)26)25-13-7-8-14-25/h4-6,9-12,17H,7-8,13-16,18H2,1-3H3. The molecule has 1 fully saturated rings. The summed E-state index contributed by atoms with van der Waals surface area (Å²) in [7, 11) is -1.08. The topological polar surface area (TPSA) is 30.3 Å². The van der Waals surface area contributed by atoms with Crippen LogP contribution in [0.1, 0.15) is 12.8 Å². The van der Waals surface area contributed by atoms with Gasteiger partial charge in [-0.2, -0.15) is 0 Å². The van der Waals surface area contributed by atoms with Crippen molar-refractivity contribution in [3.05, 3.63) is 48.8 Å². The lowest BCUT2D eigenvalue weighted by molar-refractivity contribution is 0.0899. The van der Waals surface area contributed by atoms with Crippen molar-refractivity contribution >= 4 is 24.8 Å². The molecule has 4 nitrogen and oxygen atoms in total. The Morgan fingerprint density at radius 3 is 2.50 bits per heavy atom. The van der Waals surface area contributed by atoms with Gasteiger partial charge in [0.2, 0.25) is 0 Å². The van der Waals surface area contributed by atoms with E-state index in [2.05, 4.69) is 71.7 Å². The highest BCUT2D eigenvalue weighted by molar-refractivity contribution is 6.76. The quantitative estimate of drug-likeness (QED) is 0.386. The molecular weight excluding hydrogens is 362 g/mol. The van der Waals surface area contributed by atoms with Crippen LogP contribution in [-0.4, -0.2) is 37.3 Å². The molecule has 1 aliphatic heterocycles. The van der Waals surface area contributed by atoms with Gasteiger partial charge in [-0.05, 0) is 30.5 Å². The Balaban J connectivity index is 1.71. The number of nitrogens with zero attached hydrogens (tertiary/aromatic N) is 3. The zero-order chi connectivity index (χ0) is 19.6. The van der Waals surface area contributed by atoms with Crippen LogP contribution in [-0.2, 0) is 11.5 Å². The van der Waals surface area contributed by atoms with Crippen LogP contribution in [0.3, 0.4) is 0 Å². The highest BCUT2D eigenvalue weighted by atomic mass is 28.3. The molecule has 1 saturated heterocycles. The maximum absolute atomic E-state index is 6.06. The molecule has 0 saturated carbocycles. The number of hydrogen-bond donors (Lipinski definition) is 0. The fraction of sp³-hybridized carbons (Fsp3) is 0.435. The van der Waals surface area contributed by atoms with E-state index in [1.165, 1.54) is 41.1 Å². The molecule has 5 heteroatoms. The highest BCUT2D eigenvalue weighted by Gasteiger charge is 2.21. The Kier molecular flexibility index (Phi) is 5.55. The average Bonchev–Trinajstić information content (AvgIpc) is 3.33. The van der Waals surface area contributed by atoms with Crippen molar-refractivity contribution in [1.29, 1.82) is 0 Å². The normalized spacial score (nSPS) is 14.9. The van der Waals surface area contributed by atoms with Crippen LogP contribution in [0.15, 0.2) is 48.8 Å². The lowest BCUT2D eigenvalue weighted by Gasteiger charge is -2.19. The van der Waals surface area contributed by atoms with Crippen LogP contribution < -0.4 is 4.90 Å².